The molecular formula is C20H26ClN3O3. The summed E-state index contributed by atoms with van der Waals surface area (Å²) >= 11 is 5.91. The van der Waals surface area contributed by atoms with Crippen molar-refractivity contribution in [1.82, 2.24) is 15.1 Å². The van der Waals surface area contributed by atoms with Gasteiger partial charge in [-0.1, -0.05) is 36.6 Å². The van der Waals surface area contributed by atoms with Gasteiger partial charge in [0.15, 0.2) is 0 Å². The second kappa shape index (κ2) is 7.89. The van der Waals surface area contributed by atoms with E-state index < -0.39 is 5.54 Å². The van der Waals surface area contributed by atoms with E-state index >= 15 is 0 Å². The molecule has 0 radical (unpaired) electrons. The van der Waals surface area contributed by atoms with Crippen molar-refractivity contribution in [1.29, 1.82) is 0 Å². The highest BCUT2D eigenvalue weighted by atomic mass is 35.5. The maximum Gasteiger partial charge on any atom is 0.325 e. The molecule has 1 aromatic rings. The molecule has 1 atom stereocenters. The summed E-state index contributed by atoms with van der Waals surface area (Å²) in [5, 5.41) is 3.53. The molecule has 0 bridgehead atoms. The first-order valence-electron chi connectivity index (χ1n) is 9.49. The van der Waals surface area contributed by atoms with E-state index in [2.05, 4.69) is 5.32 Å². The molecule has 1 aliphatic carbocycles. The third-order valence-corrected chi connectivity index (χ3v) is 6.05. The molecule has 1 N–H and O–H groups in total. The van der Waals surface area contributed by atoms with Gasteiger partial charge < -0.3 is 10.2 Å². The van der Waals surface area contributed by atoms with Gasteiger partial charge in [-0.05, 0) is 43.9 Å². The number of nitrogens with zero attached hydrogens (tertiary/aromatic N) is 2. The third-order valence-electron chi connectivity index (χ3n) is 5.80. The highest BCUT2D eigenvalue weighted by molar-refractivity contribution is 6.30. The Bertz CT molecular complexity index is 728. The van der Waals surface area contributed by atoms with Crippen LogP contribution in [-0.2, 0) is 9.59 Å². The number of amides is 4. The predicted octanol–water partition coefficient (Wildman–Crippen LogP) is 3.50. The number of carbonyl (C=O) groups excluding carboxylic acids is 3. The summed E-state index contributed by atoms with van der Waals surface area (Å²) in [7, 11) is 1.77. The van der Waals surface area contributed by atoms with Crippen LogP contribution in [0.25, 0.3) is 0 Å². The van der Waals surface area contributed by atoms with Crippen LogP contribution >= 0.6 is 11.6 Å². The van der Waals surface area contributed by atoms with Gasteiger partial charge >= 0.3 is 6.03 Å². The van der Waals surface area contributed by atoms with Gasteiger partial charge in [-0.15, -0.1) is 0 Å². The number of rotatable bonds is 6. The van der Waals surface area contributed by atoms with Crippen molar-refractivity contribution >= 4 is 29.4 Å². The summed E-state index contributed by atoms with van der Waals surface area (Å²) in [5.41, 5.74) is 0.327. The molecule has 0 aromatic heterocycles. The number of halogens is 1. The standard InChI is InChI=1S/C20H26ClN3O3/c1-14(15-7-9-16(21)10-8-15)23(2)17(25)6-5-13-24-18(26)20(22-19(24)27)11-3-4-12-20/h7-10,14H,3-6,11-13H2,1-2H3,(H,22,27). The zero-order valence-electron chi connectivity index (χ0n) is 15.8. The molecule has 2 aliphatic rings. The molecule has 1 aliphatic heterocycles. The number of hydrogen-bond acceptors (Lipinski definition) is 3. The summed E-state index contributed by atoms with van der Waals surface area (Å²) in [6, 6.07) is 7.03. The molecule has 146 valence electrons. The fourth-order valence-electron chi connectivity index (χ4n) is 3.94. The maximum absolute atomic E-state index is 12.6. The third kappa shape index (κ3) is 3.95. The lowest BCUT2D eigenvalue weighted by atomic mass is 9.98. The molecule has 1 saturated carbocycles. The Kier molecular flexibility index (Phi) is 5.75. The van der Waals surface area contributed by atoms with Crippen LogP contribution in [0.1, 0.15) is 57.1 Å². The minimum Gasteiger partial charge on any atom is -0.339 e. The van der Waals surface area contributed by atoms with Crippen LogP contribution in [0, 0.1) is 0 Å². The smallest absolute Gasteiger partial charge is 0.325 e. The highest BCUT2D eigenvalue weighted by Gasteiger charge is 2.52. The first-order chi connectivity index (χ1) is 12.8. The van der Waals surface area contributed by atoms with Crippen LogP contribution in [0.3, 0.4) is 0 Å². The number of carbonyl (C=O) groups is 3. The van der Waals surface area contributed by atoms with Crippen molar-refractivity contribution in [3.8, 4) is 0 Å². The fraction of sp³-hybridized carbons (Fsp3) is 0.550. The van der Waals surface area contributed by atoms with Gasteiger partial charge in [-0.25, -0.2) is 4.79 Å². The van der Waals surface area contributed by atoms with Crippen LogP contribution < -0.4 is 5.32 Å². The molecular weight excluding hydrogens is 366 g/mol. The van der Waals surface area contributed by atoms with Gasteiger partial charge in [0.25, 0.3) is 5.91 Å². The van der Waals surface area contributed by atoms with E-state index in [1.54, 1.807) is 11.9 Å². The van der Waals surface area contributed by atoms with E-state index in [-0.39, 0.29) is 30.4 Å². The highest BCUT2D eigenvalue weighted by Crippen LogP contribution is 2.35. The predicted molar refractivity (Wildman–Crippen MR) is 103 cm³/mol. The molecule has 6 nitrogen and oxygen atoms in total. The zero-order valence-corrected chi connectivity index (χ0v) is 16.6. The molecule has 27 heavy (non-hydrogen) atoms. The Hall–Kier alpha value is -2.08. The summed E-state index contributed by atoms with van der Waals surface area (Å²) < 4.78 is 0. The van der Waals surface area contributed by atoms with Crippen molar-refractivity contribution < 1.29 is 14.4 Å². The Balaban J connectivity index is 1.51. The quantitative estimate of drug-likeness (QED) is 0.754. The molecule has 1 spiro atoms. The molecule has 1 saturated heterocycles. The maximum atomic E-state index is 12.6. The SMILES string of the molecule is CC(c1ccc(Cl)cc1)N(C)C(=O)CCCN1C(=O)NC2(CCCC2)C1=O. The minimum atomic E-state index is -0.680. The normalized spacial score (nSPS) is 19.4. The molecule has 1 unspecified atom stereocenters. The average molecular weight is 392 g/mol. The summed E-state index contributed by atoms with van der Waals surface area (Å²) in [5.74, 6) is -0.139. The second-order valence-corrected chi connectivity index (χ2v) is 7.95. The van der Waals surface area contributed by atoms with Crippen LogP contribution in [0.15, 0.2) is 24.3 Å². The van der Waals surface area contributed by atoms with E-state index in [1.165, 1.54) is 4.90 Å². The average Bonchev–Trinajstić information content (AvgIpc) is 3.21. The van der Waals surface area contributed by atoms with Crippen LogP contribution in [-0.4, -0.2) is 46.8 Å². The lowest BCUT2D eigenvalue weighted by Gasteiger charge is -2.26. The largest absolute Gasteiger partial charge is 0.339 e. The van der Waals surface area contributed by atoms with Gasteiger partial charge in [0.1, 0.15) is 5.54 Å². The van der Waals surface area contributed by atoms with Crippen molar-refractivity contribution in [2.75, 3.05) is 13.6 Å². The Morgan fingerprint density at radius 2 is 1.89 bits per heavy atom. The van der Waals surface area contributed by atoms with Gasteiger partial charge in [-0.2, -0.15) is 0 Å². The first kappa shape index (κ1) is 19.7. The summed E-state index contributed by atoms with van der Waals surface area (Å²) in [4.78, 5) is 40.2. The molecule has 1 aromatic carbocycles. The van der Waals surface area contributed by atoms with E-state index in [0.717, 1.165) is 18.4 Å². The van der Waals surface area contributed by atoms with Crippen molar-refractivity contribution in [3.05, 3.63) is 34.9 Å². The number of imide groups is 1. The molecule has 1 heterocycles. The first-order valence-corrected chi connectivity index (χ1v) is 9.87. The Morgan fingerprint density at radius 1 is 1.26 bits per heavy atom. The van der Waals surface area contributed by atoms with Crippen molar-refractivity contribution in [2.45, 2.75) is 57.0 Å². The Morgan fingerprint density at radius 3 is 2.52 bits per heavy atom. The Labute approximate surface area is 164 Å². The van der Waals surface area contributed by atoms with E-state index in [0.29, 0.717) is 30.7 Å². The fourth-order valence-corrected chi connectivity index (χ4v) is 4.07. The summed E-state index contributed by atoms with van der Waals surface area (Å²) in [6.45, 7) is 2.24. The number of hydrogen-bond donors (Lipinski definition) is 1. The number of urea groups is 1. The van der Waals surface area contributed by atoms with E-state index in [1.807, 2.05) is 31.2 Å². The molecule has 4 amide bonds. The van der Waals surface area contributed by atoms with Crippen LogP contribution in [0.5, 0.6) is 0 Å². The zero-order chi connectivity index (χ0) is 19.6. The van der Waals surface area contributed by atoms with Gasteiger partial charge in [-0.3, -0.25) is 14.5 Å². The minimum absolute atomic E-state index is 0.0138. The second-order valence-electron chi connectivity index (χ2n) is 7.51. The van der Waals surface area contributed by atoms with E-state index in [4.69, 9.17) is 11.6 Å². The lowest BCUT2D eigenvalue weighted by Crippen LogP contribution is -2.44. The summed E-state index contributed by atoms with van der Waals surface area (Å²) in [6.07, 6.45) is 4.12. The number of benzene rings is 1. The van der Waals surface area contributed by atoms with Gasteiger partial charge in [0.2, 0.25) is 5.91 Å². The van der Waals surface area contributed by atoms with Gasteiger partial charge in [0, 0.05) is 25.0 Å². The molecule has 3 rings (SSSR count). The van der Waals surface area contributed by atoms with Gasteiger partial charge in [0.05, 0.1) is 6.04 Å². The molecule has 2 fully saturated rings. The van der Waals surface area contributed by atoms with Crippen LogP contribution in [0.4, 0.5) is 4.79 Å². The monoisotopic (exact) mass is 391 g/mol. The molecule has 7 heteroatoms. The number of nitrogens with one attached hydrogen (secondary N) is 1. The van der Waals surface area contributed by atoms with Crippen LogP contribution in [0.2, 0.25) is 5.02 Å². The van der Waals surface area contributed by atoms with Crippen molar-refractivity contribution in [3.63, 3.8) is 0 Å². The topological polar surface area (TPSA) is 69.7 Å². The lowest BCUT2D eigenvalue weighted by molar-refractivity contribution is -0.133. The van der Waals surface area contributed by atoms with Crippen molar-refractivity contribution in [2.24, 2.45) is 0 Å². The van der Waals surface area contributed by atoms with E-state index in [9.17, 15) is 14.4 Å².